The highest BCUT2D eigenvalue weighted by molar-refractivity contribution is 7.87. The minimum atomic E-state index is -4.55. The lowest BCUT2D eigenvalue weighted by molar-refractivity contribution is -0.137. The molecule has 200 valence electrons. The van der Waals surface area contributed by atoms with E-state index >= 15 is 0 Å². The molecule has 39 heavy (non-hydrogen) atoms. The van der Waals surface area contributed by atoms with E-state index in [0.29, 0.717) is 5.57 Å². The van der Waals surface area contributed by atoms with Crippen molar-refractivity contribution < 1.29 is 35.6 Å². The molecule has 0 saturated carbocycles. The van der Waals surface area contributed by atoms with Crippen molar-refractivity contribution in [1.29, 1.82) is 0 Å². The lowest BCUT2D eigenvalue weighted by Crippen LogP contribution is -2.35. The monoisotopic (exact) mass is 555 g/mol. The lowest BCUT2D eigenvalue weighted by atomic mass is 9.83. The van der Waals surface area contributed by atoms with Gasteiger partial charge in [0.05, 0.1) is 17.4 Å². The van der Waals surface area contributed by atoms with Gasteiger partial charge in [0, 0.05) is 6.42 Å². The van der Waals surface area contributed by atoms with Crippen molar-refractivity contribution >= 4 is 21.3 Å². The van der Waals surface area contributed by atoms with Crippen LogP contribution < -0.4 is 4.18 Å². The van der Waals surface area contributed by atoms with Crippen molar-refractivity contribution in [3.8, 4) is 17.2 Å². The summed E-state index contributed by atoms with van der Waals surface area (Å²) in [6.45, 7) is 0. The Morgan fingerprint density at radius 3 is 2.18 bits per heavy atom. The summed E-state index contributed by atoms with van der Waals surface area (Å²) >= 11 is 0. The summed E-state index contributed by atoms with van der Waals surface area (Å²) in [6.07, 6.45) is -2.93. The van der Waals surface area contributed by atoms with E-state index in [1.54, 1.807) is 35.3 Å². The van der Waals surface area contributed by atoms with E-state index < -0.39 is 39.3 Å². The molecule has 6 rings (SSSR count). The Morgan fingerprint density at radius 2 is 1.56 bits per heavy atom. The van der Waals surface area contributed by atoms with Crippen LogP contribution in [0.5, 0.6) is 11.5 Å². The van der Waals surface area contributed by atoms with Gasteiger partial charge in [-0.05, 0) is 70.8 Å². The van der Waals surface area contributed by atoms with Crippen molar-refractivity contribution in [2.45, 2.75) is 30.1 Å². The number of benzene rings is 3. The van der Waals surface area contributed by atoms with Gasteiger partial charge in [0.1, 0.15) is 35.5 Å². The molecule has 2 bridgehead atoms. The van der Waals surface area contributed by atoms with Gasteiger partial charge in [0.15, 0.2) is 0 Å². The van der Waals surface area contributed by atoms with Crippen LogP contribution in [0, 0.1) is 0 Å². The standard InChI is InChI=1S/C27H20F3N3O5S/c28-27(29,30)18-5-11-21(12-6-18)38-39(35,36)23-13-22-24(16-3-9-20(34)10-4-16)25(26(23)37-22)17-1-7-19(8-2-17)33-15-31-14-32-33/h1-12,14-15,22-23,26,34H,13H2. The molecule has 3 atom stereocenters. The number of fused-ring (bicyclic) bond motifs is 2. The molecule has 3 unspecified atom stereocenters. The number of phenolic OH excluding ortho intramolecular Hbond substituents is 1. The zero-order valence-corrected chi connectivity index (χ0v) is 20.8. The fourth-order valence-electron chi connectivity index (χ4n) is 5.02. The Kier molecular flexibility index (Phi) is 5.96. The van der Waals surface area contributed by atoms with E-state index in [1.165, 1.54) is 6.33 Å². The molecular formula is C27H20F3N3O5S. The SMILES string of the molecule is O=S(=O)(Oc1ccc(C(F)(F)F)cc1)C1CC2OC1C(c1ccc(-n3cncn3)cc1)=C2c1ccc(O)cc1. The number of ether oxygens (including phenoxy) is 1. The highest BCUT2D eigenvalue weighted by atomic mass is 32.2. The zero-order valence-electron chi connectivity index (χ0n) is 20.0. The Bertz CT molecular complexity index is 1640. The Morgan fingerprint density at radius 1 is 0.923 bits per heavy atom. The van der Waals surface area contributed by atoms with Gasteiger partial charge in [-0.15, -0.1) is 0 Å². The van der Waals surface area contributed by atoms with E-state index in [2.05, 4.69) is 10.1 Å². The molecule has 1 fully saturated rings. The van der Waals surface area contributed by atoms with Crippen molar-refractivity contribution in [3.63, 3.8) is 0 Å². The first-order valence-corrected chi connectivity index (χ1v) is 13.3. The van der Waals surface area contributed by atoms with Crippen LogP contribution in [0.15, 0.2) is 85.5 Å². The van der Waals surface area contributed by atoms with Gasteiger partial charge >= 0.3 is 16.3 Å². The highest BCUT2D eigenvalue weighted by Crippen LogP contribution is 2.51. The Hall–Kier alpha value is -4.16. The number of aromatic nitrogens is 3. The lowest BCUT2D eigenvalue weighted by Gasteiger charge is -2.25. The van der Waals surface area contributed by atoms with Crippen LogP contribution in [-0.2, 0) is 21.0 Å². The minimum absolute atomic E-state index is 0.0903. The average molecular weight is 556 g/mol. The third-order valence-electron chi connectivity index (χ3n) is 6.80. The number of hydrogen-bond donors (Lipinski definition) is 1. The third kappa shape index (κ3) is 4.66. The number of rotatable bonds is 6. The van der Waals surface area contributed by atoms with Crippen LogP contribution in [0.4, 0.5) is 13.2 Å². The first-order chi connectivity index (χ1) is 18.6. The summed E-state index contributed by atoms with van der Waals surface area (Å²) in [5.74, 6) is -0.125. The maximum absolute atomic E-state index is 13.3. The quantitative estimate of drug-likeness (QED) is 0.339. The number of aromatic hydroxyl groups is 1. The van der Waals surface area contributed by atoms with Crippen molar-refractivity contribution in [2.75, 3.05) is 0 Å². The molecule has 8 nitrogen and oxygen atoms in total. The average Bonchev–Trinajstić information content (AvgIpc) is 3.66. The van der Waals surface area contributed by atoms with Crippen LogP contribution in [0.3, 0.4) is 0 Å². The second-order valence-electron chi connectivity index (χ2n) is 9.18. The largest absolute Gasteiger partial charge is 0.508 e. The van der Waals surface area contributed by atoms with E-state index in [0.717, 1.165) is 46.7 Å². The predicted octanol–water partition coefficient (Wildman–Crippen LogP) is 4.85. The maximum Gasteiger partial charge on any atom is 0.416 e. The number of alkyl halides is 3. The third-order valence-corrected chi connectivity index (χ3v) is 8.40. The molecule has 4 aromatic rings. The van der Waals surface area contributed by atoms with Crippen molar-refractivity contribution in [3.05, 3.63) is 102 Å². The minimum Gasteiger partial charge on any atom is -0.508 e. The molecule has 2 aliphatic heterocycles. The molecule has 0 spiro atoms. The van der Waals surface area contributed by atoms with Gasteiger partial charge in [-0.2, -0.15) is 26.7 Å². The van der Waals surface area contributed by atoms with Gasteiger partial charge < -0.3 is 14.0 Å². The first kappa shape index (κ1) is 25.1. The van der Waals surface area contributed by atoms with Crippen LogP contribution >= 0.6 is 0 Å². The van der Waals surface area contributed by atoms with Gasteiger partial charge in [-0.3, -0.25) is 0 Å². The molecule has 3 aromatic carbocycles. The summed E-state index contributed by atoms with van der Waals surface area (Å²) in [5.41, 5.74) is 2.80. The summed E-state index contributed by atoms with van der Waals surface area (Å²) in [6, 6.07) is 17.4. The zero-order chi connectivity index (χ0) is 27.4. The van der Waals surface area contributed by atoms with Crippen molar-refractivity contribution in [2.24, 2.45) is 0 Å². The second kappa shape index (κ2) is 9.24. The van der Waals surface area contributed by atoms with Crippen molar-refractivity contribution in [1.82, 2.24) is 14.8 Å². The number of phenols is 1. The second-order valence-corrected chi connectivity index (χ2v) is 10.9. The van der Waals surface area contributed by atoms with E-state index in [-0.39, 0.29) is 17.9 Å². The highest BCUT2D eigenvalue weighted by Gasteiger charge is 2.53. The fraction of sp³-hybridized carbons (Fsp3) is 0.185. The molecule has 2 aliphatic rings. The summed E-state index contributed by atoms with van der Waals surface area (Å²) in [5, 5.41) is 12.8. The van der Waals surface area contributed by atoms with Gasteiger partial charge in [-0.1, -0.05) is 24.3 Å². The smallest absolute Gasteiger partial charge is 0.416 e. The van der Waals surface area contributed by atoms with Crippen LogP contribution in [0.1, 0.15) is 23.1 Å². The first-order valence-electron chi connectivity index (χ1n) is 11.8. The molecular weight excluding hydrogens is 535 g/mol. The number of nitrogens with zero attached hydrogens (tertiary/aromatic N) is 3. The van der Waals surface area contributed by atoms with Crippen LogP contribution in [0.2, 0.25) is 0 Å². The maximum atomic E-state index is 13.3. The molecule has 1 saturated heterocycles. The molecule has 0 radical (unpaired) electrons. The number of halogens is 3. The molecule has 0 amide bonds. The normalized spacial score (nSPS) is 20.9. The van der Waals surface area contributed by atoms with Gasteiger partial charge in [0.25, 0.3) is 0 Å². The summed E-state index contributed by atoms with van der Waals surface area (Å²) < 4.78 is 78.4. The van der Waals surface area contributed by atoms with E-state index in [4.69, 9.17) is 8.92 Å². The molecule has 1 N–H and O–H groups in total. The molecule has 3 heterocycles. The van der Waals surface area contributed by atoms with Crippen LogP contribution in [-0.4, -0.2) is 45.7 Å². The topological polar surface area (TPSA) is 104 Å². The summed E-state index contributed by atoms with van der Waals surface area (Å²) in [7, 11) is -4.29. The van der Waals surface area contributed by atoms with Crippen LogP contribution in [0.25, 0.3) is 16.8 Å². The summed E-state index contributed by atoms with van der Waals surface area (Å²) in [4.78, 5) is 3.94. The number of hydrogen-bond acceptors (Lipinski definition) is 7. The molecule has 1 aromatic heterocycles. The fourth-order valence-corrected chi connectivity index (χ4v) is 6.44. The van der Waals surface area contributed by atoms with E-state index in [9.17, 15) is 26.7 Å². The molecule has 12 heteroatoms. The molecule has 0 aliphatic carbocycles. The van der Waals surface area contributed by atoms with Gasteiger partial charge in [0.2, 0.25) is 0 Å². The predicted molar refractivity (Wildman–Crippen MR) is 134 cm³/mol. The van der Waals surface area contributed by atoms with Gasteiger partial charge in [-0.25, -0.2) is 9.67 Å². The Labute approximate surface area is 221 Å². The van der Waals surface area contributed by atoms with E-state index in [1.807, 2.05) is 24.3 Å². The Balaban J connectivity index is 1.35.